The Morgan fingerprint density at radius 2 is 1.89 bits per heavy atom. The monoisotopic (exact) mass is 419 g/mol. The number of fused-ring (bicyclic) bond motifs is 1. The van der Waals surface area contributed by atoms with Crippen LogP contribution in [0.5, 0.6) is 11.5 Å². The van der Waals surface area contributed by atoms with Crippen LogP contribution in [0.15, 0.2) is 35.2 Å². The number of aliphatic hydroxyl groups is 1. The van der Waals surface area contributed by atoms with Crippen LogP contribution < -0.4 is 4.74 Å². The Kier molecular flexibility index (Phi) is 4.81. The molecule has 1 aliphatic rings. The van der Waals surface area contributed by atoms with Crippen molar-refractivity contribution in [2.45, 2.75) is 29.1 Å². The quantitative estimate of drug-likeness (QED) is 0.767. The van der Waals surface area contributed by atoms with E-state index in [0.717, 1.165) is 24.3 Å². The molecule has 2 aromatic carbocycles. The number of hydrogen-bond donors (Lipinski definition) is 1. The molecule has 28 heavy (non-hydrogen) atoms. The zero-order valence-electron chi connectivity index (χ0n) is 13.7. The minimum atomic E-state index is -5.85. The second-order valence-electron chi connectivity index (χ2n) is 5.96. The van der Waals surface area contributed by atoms with Gasteiger partial charge in [-0.2, -0.15) is 18.4 Å². The molecule has 2 aromatic rings. The van der Waals surface area contributed by atoms with Crippen LogP contribution in [-0.4, -0.2) is 25.2 Å². The van der Waals surface area contributed by atoms with Gasteiger partial charge in [0.15, 0.2) is 0 Å². The van der Waals surface area contributed by atoms with E-state index in [-0.39, 0.29) is 22.6 Å². The van der Waals surface area contributed by atoms with Gasteiger partial charge in [-0.05, 0) is 24.3 Å². The first-order valence-corrected chi connectivity index (χ1v) is 9.12. The highest BCUT2D eigenvalue weighted by molar-refractivity contribution is 7.92. The lowest BCUT2D eigenvalue weighted by atomic mass is 10.1. The second-order valence-corrected chi connectivity index (χ2v) is 7.87. The smallest absolute Gasteiger partial charge is 0.457 e. The summed E-state index contributed by atoms with van der Waals surface area (Å²) in [5, 5.41) is 18.8. The van der Waals surface area contributed by atoms with E-state index in [1.165, 1.54) is 0 Å². The third-order valence-electron chi connectivity index (χ3n) is 4.13. The summed E-state index contributed by atoms with van der Waals surface area (Å²) in [6.45, 7) is 0. The number of sulfone groups is 1. The van der Waals surface area contributed by atoms with Crippen LogP contribution in [0.2, 0.25) is 0 Å². The predicted octanol–water partition coefficient (Wildman–Crippen LogP) is 3.71. The molecule has 0 bridgehead atoms. The zero-order chi connectivity index (χ0) is 20.9. The van der Waals surface area contributed by atoms with Crippen LogP contribution in [-0.2, 0) is 16.3 Å². The van der Waals surface area contributed by atoms with E-state index in [0.29, 0.717) is 6.07 Å². The molecule has 0 fully saturated rings. The van der Waals surface area contributed by atoms with Gasteiger partial charge in [0.2, 0.25) is 0 Å². The van der Waals surface area contributed by atoms with E-state index >= 15 is 0 Å². The van der Waals surface area contributed by atoms with E-state index in [9.17, 15) is 35.5 Å². The summed E-state index contributed by atoms with van der Waals surface area (Å²) in [6, 6.07) is 6.01. The Balaban J connectivity index is 2.15. The van der Waals surface area contributed by atoms with Crippen molar-refractivity contribution in [1.29, 1.82) is 5.26 Å². The standard InChI is InChI=1S/C17H10F5NO4S/c18-9-3-8(7-23)4-10(5-9)27-13-1-2-14(28(25,26)17(20,21)22)15-11(13)6-12(19)16(15)24/h1-5,12,16,24H,6H2/t12-,16-/m1/s1. The maximum Gasteiger partial charge on any atom is 0.501 e. The first-order chi connectivity index (χ1) is 13.0. The molecule has 2 atom stereocenters. The van der Waals surface area contributed by atoms with Gasteiger partial charge >= 0.3 is 5.51 Å². The molecule has 0 heterocycles. The molecular weight excluding hydrogens is 409 g/mol. The lowest BCUT2D eigenvalue weighted by Crippen LogP contribution is -2.25. The molecule has 0 unspecified atom stereocenters. The summed E-state index contributed by atoms with van der Waals surface area (Å²) < 4.78 is 95.2. The van der Waals surface area contributed by atoms with Gasteiger partial charge < -0.3 is 9.84 Å². The Labute approximate surface area is 155 Å². The normalized spacial score (nSPS) is 19.2. The molecule has 1 aliphatic carbocycles. The number of benzene rings is 2. The second kappa shape index (κ2) is 6.72. The molecule has 0 amide bonds. The third-order valence-corrected chi connectivity index (χ3v) is 5.68. The van der Waals surface area contributed by atoms with Crippen molar-refractivity contribution in [3.05, 3.63) is 52.8 Å². The SMILES string of the molecule is N#Cc1cc(F)cc(Oc2ccc(S(=O)(=O)C(F)(F)F)c3c2C[C@@H](F)[C@H]3O)c1. The maximum atomic E-state index is 14.0. The third kappa shape index (κ3) is 3.29. The van der Waals surface area contributed by atoms with Crippen LogP contribution in [0.25, 0.3) is 0 Å². The molecule has 11 heteroatoms. The van der Waals surface area contributed by atoms with Crippen molar-refractivity contribution in [1.82, 2.24) is 0 Å². The molecule has 0 saturated carbocycles. The number of hydrogen-bond acceptors (Lipinski definition) is 5. The van der Waals surface area contributed by atoms with Gasteiger partial charge in [-0.25, -0.2) is 17.2 Å². The molecule has 0 saturated heterocycles. The first-order valence-electron chi connectivity index (χ1n) is 7.63. The fourth-order valence-electron chi connectivity index (χ4n) is 2.91. The van der Waals surface area contributed by atoms with Crippen molar-refractivity contribution in [3.8, 4) is 17.6 Å². The lowest BCUT2D eigenvalue weighted by molar-refractivity contribution is -0.0437. The van der Waals surface area contributed by atoms with E-state index in [2.05, 4.69) is 0 Å². The van der Waals surface area contributed by atoms with Crippen molar-refractivity contribution in [3.63, 3.8) is 0 Å². The fourth-order valence-corrected chi connectivity index (χ4v) is 3.94. The topological polar surface area (TPSA) is 87.4 Å². The fraction of sp³-hybridized carbons (Fsp3) is 0.235. The minimum absolute atomic E-state index is 0.105. The number of rotatable bonds is 3. The molecule has 0 aliphatic heterocycles. The molecule has 1 N–H and O–H groups in total. The highest BCUT2D eigenvalue weighted by Gasteiger charge is 2.50. The van der Waals surface area contributed by atoms with Crippen LogP contribution in [0.4, 0.5) is 22.0 Å². The number of ether oxygens (including phenoxy) is 1. The van der Waals surface area contributed by atoms with E-state index < -0.39 is 50.3 Å². The van der Waals surface area contributed by atoms with Crippen LogP contribution in [0, 0.1) is 17.1 Å². The summed E-state index contributed by atoms with van der Waals surface area (Å²) in [5.74, 6) is -1.29. The van der Waals surface area contributed by atoms with E-state index in [4.69, 9.17) is 10.00 Å². The molecule has 148 valence electrons. The highest BCUT2D eigenvalue weighted by atomic mass is 32.2. The number of alkyl halides is 4. The predicted molar refractivity (Wildman–Crippen MR) is 84.4 cm³/mol. The summed E-state index contributed by atoms with van der Waals surface area (Å²) >= 11 is 0. The zero-order valence-corrected chi connectivity index (χ0v) is 14.5. The molecule has 3 rings (SSSR count). The van der Waals surface area contributed by atoms with Gasteiger partial charge in [-0.15, -0.1) is 0 Å². The van der Waals surface area contributed by atoms with Gasteiger partial charge in [0.25, 0.3) is 9.84 Å². The van der Waals surface area contributed by atoms with Gasteiger partial charge in [0.1, 0.15) is 29.6 Å². The summed E-state index contributed by atoms with van der Waals surface area (Å²) in [4.78, 5) is -1.27. The van der Waals surface area contributed by atoms with Crippen molar-refractivity contribution >= 4 is 9.84 Å². The highest BCUT2D eigenvalue weighted by Crippen LogP contribution is 2.46. The van der Waals surface area contributed by atoms with Crippen molar-refractivity contribution in [2.75, 3.05) is 0 Å². The minimum Gasteiger partial charge on any atom is -0.457 e. The number of halogens is 5. The van der Waals surface area contributed by atoms with Crippen molar-refractivity contribution in [2.24, 2.45) is 0 Å². The summed E-state index contributed by atoms with van der Waals surface area (Å²) in [5.41, 5.74) is -6.79. The number of aliphatic hydroxyl groups excluding tert-OH is 1. The summed E-state index contributed by atoms with van der Waals surface area (Å²) in [6.07, 6.45) is -4.76. The Hall–Kier alpha value is -2.71. The van der Waals surface area contributed by atoms with E-state index in [1.54, 1.807) is 6.07 Å². The number of nitrogens with zero attached hydrogens (tertiary/aromatic N) is 1. The van der Waals surface area contributed by atoms with Gasteiger partial charge in [-0.3, -0.25) is 0 Å². The van der Waals surface area contributed by atoms with E-state index in [1.807, 2.05) is 0 Å². The van der Waals surface area contributed by atoms with Crippen LogP contribution in [0.3, 0.4) is 0 Å². The molecule has 5 nitrogen and oxygen atoms in total. The Bertz CT molecular complexity index is 1090. The average molecular weight is 419 g/mol. The maximum absolute atomic E-state index is 14.0. The average Bonchev–Trinajstić information content (AvgIpc) is 2.89. The first kappa shape index (κ1) is 20.0. The molecule has 0 radical (unpaired) electrons. The molecule has 0 aromatic heterocycles. The largest absolute Gasteiger partial charge is 0.501 e. The Morgan fingerprint density at radius 3 is 2.50 bits per heavy atom. The van der Waals surface area contributed by atoms with Crippen LogP contribution in [0.1, 0.15) is 22.8 Å². The van der Waals surface area contributed by atoms with Gasteiger partial charge in [0, 0.05) is 23.6 Å². The van der Waals surface area contributed by atoms with Crippen LogP contribution >= 0.6 is 0 Å². The number of nitriles is 1. The summed E-state index contributed by atoms with van der Waals surface area (Å²) in [7, 11) is -5.85. The Morgan fingerprint density at radius 1 is 1.21 bits per heavy atom. The molecule has 0 spiro atoms. The van der Waals surface area contributed by atoms with Gasteiger partial charge in [-0.1, -0.05) is 0 Å². The lowest BCUT2D eigenvalue weighted by Gasteiger charge is -2.17. The van der Waals surface area contributed by atoms with Crippen molar-refractivity contribution < 1.29 is 40.2 Å². The van der Waals surface area contributed by atoms with Gasteiger partial charge in [0.05, 0.1) is 16.5 Å². The molecular formula is C17H10F5NO4S.